The lowest BCUT2D eigenvalue weighted by atomic mass is 9.62. The lowest BCUT2D eigenvalue weighted by Crippen LogP contribution is -2.50. The monoisotopic (exact) mass is 365 g/mol. The Morgan fingerprint density at radius 2 is 1.96 bits per heavy atom. The number of urea groups is 1. The van der Waals surface area contributed by atoms with Crippen molar-refractivity contribution in [1.82, 2.24) is 10.2 Å². The number of rotatable bonds is 6. The van der Waals surface area contributed by atoms with Crippen LogP contribution >= 0.6 is 0 Å². The Balaban J connectivity index is 1.86. The molecule has 0 aromatic rings. The van der Waals surface area contributed by atoms with Crippen LogP contribution in [0.2, 0.25) is 0 Å². The standard InChI is InChI=1S/C20H35N3O3/c1-19(2)11-17(12-20(3,13-19)14-21-15-24)22-18(25)23(4)8-5-16-6-9-26-10-7-16/h16-17H,5-14H2,1-4H3,(H,22,25). The summed E-state index contributed by atoms with van der Waals surface area (Å²) in [5.74, 6) is 0.664. The van der Waals surface area contributed by atoms with E-state index in [1.807, 2.05) is 7.05 Å². The van der Waals surface area contributed by atoms with Crippen molar-refractivity contribution in [3.8, 4) is 0 Å². The van der Waals surface area contributed by atoms with Crippen molar-refractivity contribution in [3.63, 3.8) is 0 Å². The highest BCUT2D eigenvalue weighted by Gasteiger charge is 2.41. The second-order valence-electron chi connectivity index (χ2n) is 9.38. The molecule has 0 aromatic carbocycles. The van der Waals surface area contributed by atoms with E-state index in [9.17, 15) is 9.59 Å². The molecule has 1 saturated heterocycles. The Kier molecular flexibility index (Phi) is 7.24. The molecule has 148 valence electrons. The molecule has 2 aliphatic rings. The zero-order valence-corrected chi connectivity index (χ0v) is 16.8. The van der Waals surface area contributed by atoms with E-state index in [4.69, 9.17) is 4.74 Å². The topological polar surface area (TPSA) is 71.0 Å². The van der Waals surface area contributed by atoms with Gasteiger partial charge in [0, 0.05) is 32.8 Å². The van der Waals surface area contributed by atoms with Gasteiger partial charge in [-0.1, -0.05) is 20.8 Å². The molecule has 1 N–H and O–H groups in total. The molecule has 1 heterocycles. The van der Waals surface area contributed by atoms with Gasteiger partial charge in [0.05, 0.1) is 6.54 Å². The number of ether oxygens (including phenoxy) is 1. The van der Waals surface area contributed by atoms with E-state index < -0.39 is 0 Å². The third kappa shape index (κ3) is 6.40. The molecule has 0 bridgehead atoms. The van der Waals surface area contributed by atoms with Crippen molar-refractivity contribution in [2.24, 2.45) is 21.7 Å². The summed E-state index contributed by atoms with van der Waals surface area (Å²) in [6.45, 7) is 9.55. The van der Waals surface area contributed by atoms with Crippen LogP contribution in [0.5, 0.6) is 0 Å². The normalized spacial score (nSPS) is 28.8. The number of nitrogens with one attached hydrogen (secondary N) is 1. The summed E-state index contributed by atoms with van der Waals surface area (Å²) in [5.41, 5.74) is 0.0434. The molecule has 1 aliphatic carbocycles. The molecule has 0 aromatic heterocycles. The number of amides is 2. The smallest absolute Gasteiger partial charge is 0.317 e. The third-order valence-corrected chi connectivity index (χ3v) is 5.86. The highest BCUT2D eigenvalue weighted by atomic mass is 16.5. The first-order valence-corrected chi connectivity index (χ1v) is 9.86. The van der Waals surface area contributed by atoms with Crippen molar-refractivity contribution >= 4 is 12.1 Å². The third-order valence-electron chi connectivity index (χ3n) is 5.86. The van der Waals surface area contributed by atoms with Crippen LogP contribution in [0, 0.1) is 16.7 Å². The first-order chi connectivity index (χ1) is 12.2. The number of aliphatic imine (C=N–C) groups is 1. The Bertz CT molecular complexity index is 524. The predicted octanol–water partition coefficient (Wildman–Crippen LogP) is 3.37. The predicted molar refractivity (Wildman–Crippen MR) is 102 cm³/mol. The number of carbonyl (C=O) groups excluding carboxylic acids is 2. The maximum Gasteiger partial charge on any atom is 0.317 e. The second-order valence-corrected chi connectivity index (χ2v) is 9.38. The number of isocyanates is 1. The van der Waals surface area contributed by atoms with E-state index in [-0.39, 0.29) is 22.9 Å². The molecular weight excluding hydrogens is 330 g/mol. The molecule has 2 fully saturated rings. The largest absolute Gasteiger partial charge is 0.381 e. The van der Waals surface area contributed by atoms with Crippen molar-refractivity contribution < 1.29 is 14.3 Å². The molecule has 26 heavy (non-hydrogen) atoms. The Labute approximate surface area is 157 Å². The maximum atomic E-state index is 12.6. The molecule has 6 heteroatoms. The van der Waals surface area contributed by atoms with Gasteiger partial charge in [-0.05, 0) is 55.3 Å². The minimum atomic E-state index is -0.0717. The van der Waals surface area contributed by atoms with Gasteiger partial charge >= 0.3 is 6.03 Å². The minimum Gasteiger partial charge on any atom is -0.381 e. The highest BCUT2D eigenvalue weighted by Crippen LogP contribution is 2.46. The Morgan fingerprint density at radius 3 is 2.62 bits per heavy atom. The Morgan fingerprint density at radius 1 is 1.27 bits per heavy atom. The van der Waals surface area contributed by atoms with Crippen molar-refractivity contribution in [1.29, 1.82) is 0 Å². The van der Waals surface area contributed by atoms with Crippen molar-refractivity contribution in [2.75, 3.05) is 33.4 Å². The van der Waals surface area contributed by atoms with Gasteiger partial charge in [0.25, 0.3) is 0 Å². The fourth-order valence-corrected chi connectivity index (χ4v) is 4.88. The lowest BCUT2D eigenvalue weighted by molar-refractivity contribution is 0.0612. The van der Waals surface area contributed by atoms with Gasteiger partial charge in [0.15, 0.2) is 0 Å². The van der Waals surface area contributed by atoms with E-state index >= 15 is 0 Å². The highest BCUT2D eigenvalue weighted by molar-refractivity contribution is 5.74. The zero-order chi connectivity index (χ0) is 19.2. The summed E-state index contributed by atoms with van der Waals surface area (Å²) in [6.07, 6.45) is 7.69. The maximum absolute atomic E-state index is 12.6. The van der Waals surface area contributed by atoms with E-state index in [1.165, 1.54) is 0 Å². The first-order valence-electron chi connectivity index (χ1n) is 9.86. The molecule has 2 rings (SSSR count). The number of hydrogen-bond donors (Lipinski definition) is 1. The van der Waals surface area contributed by atoms with Gasteiger partial charge in [-0.25, -0.2) is 14.6 Å². The minimum absolute atomic E-state index is 0.000924. The van der Waals surface area contributed by atoms with Crippen LogP contribution in [0.15, 0.2) is 4.99 Å². The summed E-state index contributed by atoms with van der Waals surface area (Å²) in [5, 5.41) is 3.22. The van der Waals surface area contributed by atoms with Crippen LogP contribution < -0.4 is 5.32 Å². The summed E-state index contributed by atoms with van der Waals surface area (Å²) >= 11 is 0. The van der Waals surface area contributed by atoms with Crippen LogP contribution in [0.4, 0.5) is 4.79 Å². The molecule has 6 nitrogen and oxygen atoms in total. The van der Waals surface area contributed by atoms with Gasteiger partial charge in [0.2, 0.25) is 6.08 Å². The summed E-state index contributed by atoms with van der Waals surface area (Å²) in [6, 6.07) is 0.115. The molecule has 1 aliphatic heterocycles. The molecule has 1 saturated carbocycles. The van der Waals surface area contributed by atoms with Crippen LogP contribution in [0.3, 0.4) is 0 Å². The quantitative estimate of drug-likeness (QED) is 0.579. The van der Waals surface area contributed by atoms with Crippen molar-refractivity contribution in [3.05, 3.63) is 0 Å². The summed E-state index contributed by atoms with van der Waals surface area (Å²) < 4.78 is 5.40. The average Bonchev–Trinajstić information content (AvgIpc) is 2.57. The van der Waals surface area contributed by atoms with Crippen LogP contribution in [-0.2, 0) is 9.53 Å². The van der Waals surface area contributed by atoms with Crippen LogP contribution in [0.25, 0.3) is 0 Å². The number of carbonyl (C=O) groups is 1. The Hall–Kier alpha value is -1.39. The number of hydrogen-bond acceptors (Lipinski definition) is 4. The van der Waals surface area contributed by atoms with E-state index in [0.717, 1.165) is 58.3 Å². The van der Waals surface area contributed by atoms with E-state index in [0.29, 0.717) is 12.5 Å². The van der Waals surface area contributed by atoms with E-state index in [1.54, 1.807) is 11.0 Å². The fourth-order valence-electron chi connectivity index (χ4n) is 4.88. The van der Waals surface area contributed by atoms with E-state index in [2.05, 4.69) is 31.1 Å². The molecule has 2 unspecified atom stereocenters. The number of nitrogens with zero attached hydrogens (tertiary/aromatic N) is 2. The molecule has 2 amide bonds. The molecule has 0 spiro atoms. The van der Waals surface area contributed by atoms with Crippen LogP contribution in [0.1, 0.15) is 59.3 Å². The fraction of sp³-hybridized carbons (Fsp3) is 0.900. The van der Waals surface area contributed by atoms with Crippen LogP contribution in [-0.4, -0.2) is 56.4 Å². The molecule has 2 atom stereocenters. The molecular formula is C20H35N3O3. The van der Waals surface area contributed by atoms with Gasteiger partial charge in [0.1, 0.15) is 0 Å². The van der Waals surface area contributed by atoms with Gasteiger partial charge in [-0.15, -0.1) is 0 Å². The van der Waals surface area contributed by atoms with Gasteiger partial charge < -0.3 is 15.0 Å². The van der Waals surface area contributed by atoms with Gasteiger partial charge in [-0.2, -0.15) is 0 Å². The molecule has 0 radical (unpaired) electrons. The second kappa shape index (κ2) is 9.01. The average molecular weight is 366 g/mol. The summed E-state index contributed by atoms with van der Waals surface area (Å²) in [4.78, 5) is 28.8. The first kappa shape index (κ1) is 20.9. The summed E-state index contributed by atoms with van der Waals surface area (Å²) in [7, 11) is 1.87. The SMILES string of the molecule is CN(CCC1CCOCC1)C(=O)NC1CC(C)(C)CC(C)(CN=C=O)C1. The lowest BCUT2D eigenvalue weighted by Gasteiger charge is -2.46. The van der Waals surface area contributed by atoms with Crippen molar-refractivity contribution in [2.45, 2.75) is 65.3 Å². The zero-order valence-electron chi connectivity index (χ0n) is 16.8. The van der Waals surface area contributed by atoms with Gasteiger partial charge in [-0.3, -0.25) is 0 Å².